The molecule has 0 aliphatic heterocycles. The summed E-state index contributed by atoms with van der Waals surface area (Å²) in [6.07, 6.45) is 2.23. The van der Waals surface area contributed by atoms with Gasteiger partial charge in [0.05, 0.1) is 11.4 Å². The molecular weight excluding hydrogens is 374 g/mol. The number of rotatable bonds is 6. The summed E-state index contributed by atoms with van der Waals surface area (Å²) < 4.78 is 1.86. The number of amides is 2. The number of carbonyl (C=O) groups is 2. The molecule has 1 saturated carbocycles. The molecule has 0 unspecified atom stereocenters. The van der Waals surface area contributed by atoms with Gasteiger partial charge in [0.2, 0.25) is 11.1 Å². The molecule has 2 N–H and O–H groups in total. The van der Waals surface area contributed by atoms with Gasteiger partial charge in [-0.15, -0.1) is 5.10 Å². The van der Waals surface area contributed by atoms with Gasteiger partial charge in [-0.2, -0.15) is 0 Å². The molecule has 0 atom stereocenters. The van der Waals surface area contributed by atoms with Crippen LogP contribution in [0.3, 0.4) is 0 Å². The average Bonchev–Trinajstić information content (AvgIpc) is 3.51. The molecule has 0 spiro atoms. The van der Waals surface area contributed by atoms with Gasteiger partial charge < -0.3 is 0 Å². The number of para-hydroxylation sites is 1. The number of nitrogens with zero attached hydrogens (tertiary/aromatic N) is 3. The third kappa shape index (κ3) is 4.40. The van der Waals surface area contributed by atoms with Crippen LogP contribution in [0.15, 0.2) is 65.8 Å². The molecule has 0 bridgehead atoms. The van der Waals surface area contributed by atoms with Crippen molar-refractivity contribution < 1.29 is 9.59 Å². The molecule has 28 heavy (non-hydrogen) atoms. The lowest BCUT2D eigenvalue weighted by atomic mass is 10.2. The summed E-state index contributed by atoms with van der Waals surface area (Å²) in [6, 6.07) is 18.6. The Hall–Kier alpha value is -3.13. The molecule has 0 radical (unpaired) electrons. The van der Waals surface area contributed by atoms with E-state index >= 15 is 0 Å². The number of hydrazine groups is 1. The zero-order valence-electron chi connectivity index (χ0n) is 15.0. The summed E-state index contributed by atoms with van der Waals surface area (Å²) in [7, 11) is 0. The molecule has 3 aromatic rings. The van der Waals surface area contributed by atoms with Crippen molar-refractivity contribution in [3.05, 3.63) is 72.1 Å². The first-order chi connectivity index (χ1) is 13.7. The Balaban J connectivity index is 1.35. The van der Waals surface area contributed by atoms with Crippen LogP contribution in [0.2, 0.25) is 0 Å². The van der Waals surface area contributed by atoms with Crippen molar-refractivity contribution >= 4 is 23.6 Å². The zero-order chi connectivity index (χ0) is 19.3. The maximum Gasteiger partial charge on any atom is 0.269 e. The van der Waals surface area contributed by atoms with Crippen LogP contribution in [0.4, 0.5) is 0 Å². The van der Waals surface area contributed by atoms with Crippen LogP contribution in [-0.4, -0.2) is 32.3 Å². The molecule has 7 nitrogen and oxygen atoms in total. The molecule has 1 aromatic heterocycles. The Morgan fingerprint density at radius 3 is 2.36 bits per heavy atom. The second kappa shape index (κ2) is 8.26. The van der Waals surface area contributed by atoms with Gasteiger partial charge in [-0.25, -0.2) is 9.67 Å². The lowest BCUT2D eigenvalue weighted by Gasteiger charge is -2.06. The van der Waals surface area contributed by atoms with Gasteiger partial charge in [0.15, 0.2) is 0 Å². The molecule has 142 valence electrons. The Morgan fingerprint density at radius 1 is 1.00 bits per heavy atom. The van der Waals surface area contributed by atoms with Gasteiger partial charge in [0, 0.05) is 11.5 Å². The molecular formula is C20H19N5O2S. The zero-order valence-corrected chi connectivity index (χ0v) is 15.9. The monoisotopic (exact) mass is 393 g/mol. The maximum atomic E-state index is 12.1. The maximum absolute atomic E-state index is 12.1. The summed E-state index contributed by atoms with van der Waals surface area (Å²) in [4.78, 5) is 28.6. The molecule has 0 saturated heterocycles. The fourth-order valence-corrected chi connectivity index (χ4v) is 3.31. The molecule has 2 aromatic carbocycles. The summed E-state index contributed by atoms with van der Waals surface area (Å²) in [5.74, 6) is 0.796. The van der Waals surface area contributed by atoms with Crippen molar-refractivity contribution in [2.24, 2.45) is 0 Å². The average molecular weight is 393 g/mol. The highest BCUT2D eigenvalue weighted by molar-refractivity contribution is 7.99. The molecule has 1 aliphatic carbocycles. The van der Waals surface area contributed by atoms with E-state index in [-0.39, 0.29) is 17.6 Å². The number of hydrogen-bond acceptors (Lipinski definition) is 5. The van der Waals surface area contributed by atoms with E-state index in [1.165, 1.54) is 11.8 Å². The minimum absolute atomic E-state index is 0.109. The van der Waals surface area contributed by atoms with Crippen molar-refractivity contribution in [3.8, 4) is 5.69 Å². The van der Waals surface area contributed by atoms with Gasteiger partial charge in [-0.05, 0) is 37.1 Å². The van der Waals surface area contributed by atoms with Crippen LogP contribution < -0.4 is 10.9 Å². The third-order valence-electron chi connectivity index (χ3n) is 4.24. The summed E-state index contributed by atoms with van der Waals surface area (Å²) >= 11 is 1.24. The van der Waals surface area contributed by atoms with Crippen LogP contribution in [0.25, 0.3) is 5.69 Å². The van der Waals surface area contributed by atoms with Crippen LogP contribution >= 0.6 is 11.8 Å². The van der Waals surface area contributed by atoms with E-state index in [0.717, 1.165) is 24.4 Å². The van der Waals surface area contributed by atoms with Crippen molar-refractivity contribution in [2.75, 3.05) is 5.75 Å². The summed E-state index contributed by atoms with van der Waals surface area (Å²) in [5.41, 5.74) is 6.27. The van der Waals surface area contributed by atoms with E-state index in [9.17, 15) is 9.59 Å². The van der Waals surface area contributed by atoms with Crippen molar-refractivity contribution in [2.45, 2.75) is 23.9 Å². The van der Waals surface area contributed by atoms with Gasteiger partial charge in [0.25, 0.3) is 5.91 Å². The number of hydrogen-bond donors (Lipinski definition) is 2. The van der Waals surface area contributed by atoms with Gasteiger partial charge in [0.1, 0.15) is 5.82 Å². The largest absolute Gasteiger partial charge is 0.272 e. The molecule has 2 amide bonds. The van der Waals surface area contributed by atoms with Gasteiger partial charge in [-0.1, -0.05) is 48.2 Å². The van der Waals surface area contributed by atoms with E-state index < -0.39 is 0 Å². The number of aromatic nitrogens is 3. The SMILES string of the molecule is O=C(CSc1nc(C2CC2)n(-c2ccccc2)n1)NNC(=O)c1ccccc1. The summed E-state index contributed by atoms with van der Waals surface area (Å²) in [5, 5.41) is 5.11. The second-order valence-electron chi connectivity index (χ2n) is 6.43. The first kappa shape index (κ1) is 18.2. The highest BCUT2D eigenvalue weighted by Gasteiger charge is 2.30. The van der Waals surface area contributed by atoms with Crippen LogP contribution in [0.1, 0.15) is 34.9 Å². The predicted molar refractivity (Wildman–Crippen MR) is 106 cm³/mol. The third-order valence-corrected chi connectivity index (χ3v) is 5.08. The minimum Gasteiger partial charge on any atom is -0.272 e. The predicted octanol–water partition coefficient (Wildman–Crippen LogP) is 2.70. The van der Waals surface area contributed by atoms with Crippen LogP contribution in [0.5, 0.6) is 0 Å². The van der Waals surface area contributed by atoms with E-state index in [1.54, 1.807) is 24.3 Å². The summed E-state index contributed by atoms with van der Waals surface area (Å²) in [6.45, 7) is 0. The number of nitrogens with one attached hydrogen (secondary N) is 2. The lowest BCUT2D eigenvalue weighted by Crippen LogP contribution is -2.42. The van der Waals surface area contributed by atoms with Crippen molar-refractivity contribution in [3.63, 3.8) is 0 Å². The number of thioether (sulfide) groups is 1. The molecule has 1 fully saturated rings. The standard InChI is InChI=1S/C20H19N5O2S/c26-17(22-23-19(27)15-7-3-1-4-8-15)13-28-20-21-18(14-11-12-14)25(24-20)16-9-5-2-6-10-16/h1-10,14H,11-13H2,(H,22,26)(H,23,27). The van der Waals surface area contributed by atoms with Crippen LogP contribution in [-0.2, 0) is 4.79 Å². The Labute approximate surface area is 166 Å². The quantitative estimate of drug-likeness (QED) is 0.497. The number of carbonyl (C=O) groups excluding carboxylic acids is 2. The van der Waals surface area contributed by atoms with E-state index in [0.29, 0.717) is 16.6 Å². The highest BCUT2D eigenvalue weighted by Crippen LogP contribution is 2.40. The second-order valence-corrected chi connectivity index (χ2v) is 7.37. The minimum atomic E-state index is -0.360. The van der Waals surface area contributed by atoms with Crippen molar-refractivity contribution in [1.29, 1.82) is 0 Å². The van der Waals surface area contributed by atoms with Crippen LogP contribution in [0, 0.1) is 0 Å². The van der Waals surface area contributed by atoms with Gasteiger partial charge in [-0.3, -0.25) is 20.4 Å². The lowest BCUT2D eigenvalue weighted by molar-refractivity contribution is -0.119. The van der Waals surface area contributed by atoms with Crippen molar-refractivity contribution in [1.82, 2.24) is 25.6 Å². The first-order valence-corrected chi connectivity index (χ1v) is 9.98. The topological polar surface area (TPSA) is 88.9 Å². The first-order valence-electron chi connectivity index (χ1n) is 9.00. The molecule has 1 heterocycles. The van der Waals surface area contributed by atoms with Gasteiger partial charge >= 0.3 is 0 Å². The highest BCUT2D eigenvalue weighted by atomic mass is 32.2. The Morgan fingerprint density at radius 2 is 1.68 bits per heavy atom. The molecule has 1 aliphatic rings. The normalized spacial score (nSPS) is 13.1. The Bertz CT molecular complexity index is 971. The molecule has 4 rings (SSSR count). The van der Waals surface area contributed by atoms with E-state index in [4.69, 9.17) is 0 Å². The van der Waals surface area contributed by atoms with E-state index in [1.807, 2.05) is 41.1 Å². The van der Waals surface area contributed by atoms with E-state index in [2.05, 4.69) is 20.9 Å². The smallest absolute Gasteiger partial charge is 0.269 e. The Kier molecular flexibility index (Phi) is 5.38. The fraction of sp³-hybridized carbons (Fsp3) is 0.200. The fourth-order valence-electron chi connectivity index (χ4n) is 2.68. The molecule has 8 heteroatoms. The number of benzene rings is 2.